The van der Waals surface area contributed by atoms with Crippen molar-refractivity contribution in [3.05, 3.63) is 76.8 Å². The van der Waals surface area contributed by atoms with Crippen LogP contribution in [-0.4, -0.2) is 21.1 Å². The molecule has 5 heteroatoms. The lowest BCUT2D eigenvalue weighted by Crippen LogP contribution is -2.22. The van der Waals surface area contributed by atoms with Crippen molar-refractivity contribution in [3.63, 3.8) is 0 Å². The summed E-state index contributed by atoms with van der Waals surface area (Å²) in [5.74, 6) is -0.722. The van der Waals surface area contributed by atoms with E-state index in [0.717, 1.165) is 5.56 Å². The summed E-state index contributed by atoms with van der Waals surface area (Å²) in [6.45, 7) is 0. The number of phenolic OH excluding ortho intramolecular Hbond substituents is 2. The minimum absolute atomic E-state index is 0.0396. The van der Waals surface area contributed by atoms with Crippen LogP contribution in [0.2, 0.25) is 0 Å². The number of hydrogen-bond donors (Lipinski definition) is 3. The van der Waals surface area contributed by atoms with Crippen LogP contribution < -0.4 is 4.74 Å². The summed E-state index contributed by atoms with van der Waals surface area (Å²) in [5.41, 5.74) is 2.27. The number of ether oxygens (including phenoxy) is 1. The molecule has 1 heterocycles. The molecule has 1 aliphatic carbocycles. The molecule has 5 nitrogen and oxygen atoms in total. The lowest BCUT2D eigenvalue weighted by Gasteiger charge is -2.31. The van der Waals surface area contributed by atoms with E-state index < -0.39 is 5.78 Å². The van der Waals surface area contributed by atoms with E-state index in [1.807, 2.05) is 30.3 Å². The quantitative estimate of drug-likeness (QED) is 0.701. The lowest BCUT2D eigenvalue weighted by atomic mass is 9.79. The Morgan fingerprint density at radius 2 is 1.71 bits per heavy atom. The zero-order valence-corrected chi connectivity index (χ0v) is 12.6. The second-order valence-electron chi connectivity index (χ2n) is 5.83. The van der Waals surface area contributed by atoms with Crippen LogP contribution in [0, 0.1) is 0 Å². The van der Waals surface area contributed by atoms with Gasteiger partial charge in [-0.2, -0.15) is 0 Å². The monoisotopic (exact) mass is 322 g/mol. The van der Waals surface area contributed by atoms with Crippen molar-refractivity contribution < 1.29 is 24.9 Å². The zero-order chi connectivity index (χ0) is 16.8. The van der Waals surface area contributed by atoms with Crippen LogP contribution in [0.3, 0.4) is 0 Å². The molecule has 2 aromatic rings. The summed E-state index contributed by atoms with van der Waals surface area (Å²) in [5, 5.41) is 29.5. The van der Waals surface area contributed by atoms with E-state index in [-0.39, 0.29) is 29.6 Å². The molecule has 0 spiro atoms. The predicted octanol–water partition coefficient (Wildman–Crippen LogP) is 3.29. The first-order valence-corrected chi connectivity index (χ1v) is 7.50. The molecule has 0 fully saturated rings. The third-order valence-corrected chi connectivity index (χ3v) is 4.32. The summed E-state index contributed by atoms with van der Waals surface area (Å²) in [7, 11) is 0. The van der Waals surface area contributed by atoms with Crippen molar-refractivity contribution in [2.75, 3.05) is 0 Å². The summed E-state index contributed by atoms with van der Waals surface area (Å²) in [6, 6.07) is 12.3. The van der Waals surface area contributed by atoms with E-state index in [1.54, 1.807) is 0 Å². The van der Waals surface area contributed by atoms with E-state index in [2.05, 4.69) is 0 Å². The summed E-state index contributed by atoms with van der Waals surface area (Å²) < 4.78 is 5.77. The largest absolute Gasteiger partial charge is 0.504 e. The van der Waals surface area contributed by atoms with Gasteiger partial charge in [-0.1, -0.05) is 30.3 Å². The molecule has 24 heavy (non-hydrogen) atoms. The molecule has 0 saturated heterocycles. The normalized spacial score (nSPS) is 19.2. The molecule has 120 valence electrons. The molecule has 4 rings (SSSR count). The number of allylic oxidation sites excluding steroid dienone is 4. The molecule has 0 bridgehead atoms. The first-order valence-electron chi connectivity index (χ1n) is 7.50. The van der Waals surface area contributed by atoms with E-state index in [0.29, 0.717) is 22.6 Å². The number of carbonyl (C=O) groups is 1. The van der Waals surface area contributed by atoms with Gasteiger partial charge in [0.05, 0.1) is 6.42 Å². The fourth-order valence-corrected chi connectivity index (χ4v) is 3.18. The van der Waals surface area contributed by atoms with Gasteiger partial charge in [-0.25, -0.2) is 0 Å². The fourth-order valence-electron chi connectivity index (χ4n) is 3.18. The van der Waals surface area contributed by atoms with Gasteiger partial charge in [0, 0.05) is 23.1 Å². The number of ketones is 1. The van der Waals surface area contributed by atoms with Gasteiger partial charge in [-0.3, -0.25) is 4.79 Å². The molecule has 1 atom stereocenters. The van der Waals surface area contributed by atoms with Crippen LogP contribution in [0.25, 0.3) is 0 Å². The van der Waals surface area contributed by atoms with Gasteiger partial charge in [0.25, 0.3) is 0 Å². The summed E-state index contributed by atoms with van der Waals surface area (Å²) >= 11 is 0. The number of rotatable bonds is 1. The standard InChI is InChI=1S/C19H14O5/c20-13-6-11-17(8-15(13)22)24-18-9-16(23)14(21)7-12(18)19(11)10-4-2-1-3-5-10/h1-8,19-22H,9H2. The van der Waals surface area contributed by atoms with Crippen molar-refractivity contribution in [2.24, 2.45) is 0 Å². The van der Waals surface area contributed by atoms with Gasteiger partial charge in [0.2, 0.25) is 5.78 Å². The maximum Gasteiger partial charge on any atom is 0.204 e. The first kappa shape index (κ1) is 14.4. The minimum Gasteiger partial charge on any atom is -0.504 e. The second-order valence-corrected chi connectivity index (χ2v) is 5.83. The molecule has 0 amide bonds. The average molecular weight is 322 g/mol. The van der Waals surface area contributed by atoms with Crippen LogP contribution in [0.1, 0.15) is 23.5 Å². The highest BCUT2D eigenvalue weighted by Gasteiger charge is 2.35. The van der Waals surface area contributed by atoms with Crippen molar-refractivity contribution >= 4 is 5.78 Å². The molecule has 3 N–H and O–H groups in total. The smallest absolute Gasteiger partial charge is 0.204 e. The van der Waals surface area contributed by atoms with Crippen molar-refractivity contribution in [3.8, 4) is 17.2 Å². The molecule has 2 aromatic carbocycles. The van der Waals surface area contributed by atoms with E-state index in [9.17, 15) is 20.1 Å². The maximum absolute atomic E-state index is 11.8. The van der Waals surface area contributed by atoms with Crippen molar-refractivity contribution in [1.29, 1.82) is 0 Å². The number of fused-ring (bicyclic) bond motifs is 1. The fraction of sp³-hybridized carbons (Fsp3) is 0.105. The Morgan fingerprint density at radius 1 is 1.00 bits per heavy atom. The number of hydrogen-bond acceptors (Lipinski definition) is 5. The number of aliphatic hydroxyl groups is 1. The third-order valence-electron chi connectivity index (χ3n) is 4.32. The van der Waals surface area contributed by atoms with Crippen molar-refractivity contribution in [2.45, 2.75) is 12.3 Å². The van der Waals surface area contributed by atoms with Crippen LogP contribution in [0.5, 0.6) is 17.2 Å². The minimum atomic E-state index is -0.410. The predicted molar refractivity (Wildman–Crippen MR) is 86.0 cm³/mol. The van der Waals surface area contributed by atoms with Crippen LogP contribution in [0.15, 0.2) is 65.6 Å². The Bertz CT molecular complexity index is 909. The van der Waals surface area contributed by atoms with Gasteiger partial charge in [-0.15, -0.1) is 0 Å². The van der Waals surface area contributed by atoms with Gasteiger partial charge in [0.15, 0.2) is 17.3 Å². The van der Waals surface area contributed by atoms with E-state index in [4.69, 9.17) is 4.74 Å². The summed E-state index contributed by atoms with van der Waals surface area (Å²) in [6.07, 6.45) is 1.38. The molecular formula is C19H14O5. The molecule has 0 radical (unpaired) electrons. The molecule has 1 aliphatic heterocycles. The molecule has 1 unspecified atom stereocenters. The average Bonchev–Trinajstić information content (AvgIpc) is 2.57. The number of benzene rings is 2. The Hall–Kier alpha value is -3.21. The number of phenols is 2. The molecule has 0 saturated carbocycles. The van der Waals surface area contributed by atoms with Gasteiger partial charge in [0.1, 0.15) is 11.5 Å². The van der Waals surface area contributed by atoms with Gasteiger partial charge >= 0.3 is 0 Å². The Morgan fingerprint density at radius 3 is 2.46 bits per heavy atom. The zero-order valence-electron chi connectivity index (χ0n) is 12.6. The van der Waals surface area contributed by atoms with Crippen molar-refractivity contribution in [1.82, 2.24) is 0 Å². The van der Waals surface area contributed by atoms with Gasteiger partial charge in [-0.05, 0) is 17.7 Å². The number of Topliss-reactive ketones (excluding diaryl/α,β-unsaturated/α-hetero) is 1. The Labute approximate surface area is 137 Å². The molecule has 0 aromatic heterocycles. The first-order chi connectivity index (χ1) is 11.5. The SMILES string of the molecule is O=C1CC2=C(C=C1O)C(c1ccccc1)c1cc(O)c(O)cc1O2. The van der Waals surface area contributed by atoms with Crippen LogP contribution in [-0.2, 0) is 4.79 Å². The highest BCUT2D eigenvalue weighted by Crippen LogP contribution is 2.48. The highest BCUT2D eigenvalue weighted by molar-refractivity contribution is 5.97. The number of aromatic hydroxyl groups is 2. The van der Waals surface area contributed by atoms with E-state index >= 15 is 0 Å². The second kappa shape index (κ2) is 5.16. The molecular weight excluding hydrogens is 308 g/mol. The molecule has 2 aliphatic rings. The number of carbonyl (C=O) groups excluding carboxylic acids is 1. The van der Waals surface area contributed by atoms with Crippen LogP contribution in [0.4, 0.5) is 0 Å². The van der Waals surface area contributed by atoms with Gasteiger partial charge < -0.3 is 20.1 Å². The number of aliphatic hydroxyl groups excluding tert-OH is 1. The summed E-state index contributed by atoms with van der Waals surface area (Å²) in [4.78, 5) is 11.8. The lowest BCUT2D eigenvalue weighted by molar-refractivity contribution is -0.117. The Kier molecular flexibility index (Phi) is 3.09. The maximum atomic E-state index is 11.8. The Balaban J connectivity index is 1.96. The third kappa shape index (κ3) is 2.13. The van der Waals surface area contributed by atoms with Crippen LogP contribution >= 0.6 is 0 Å². The van der Waals surface area contributed by atoms with E-state index in [1.165, 1.54) is 18.2 Å². The topological polar surface area (TPSA) is 87.0 Å². The highest BCUT2D eigenvalue weighted by atomic mass is 16.5.